The molecule has 4 aromatic rings. The highest BCUT2D eigenvalue weighted by molar-refractivity contribution is 7.92. The van der Waals surface area contributed by atoms with Gasteiger partial charge < -0.3 is 4.90 Å². The zero-order valence-corrected chi connectivity index (χ0v) is 25.0. The van der Waals surface area contributed by atoms with Gasteiger partial charge in [-0.25, -0.2) is 25.6 Å². The number of nitrogens with zero attached hydrogens (tertiary/aromatic N) is 3. The second-order valence-electron chi connectivity index (χ2n) is 9.75. The van der Waals surface area contributed by atoms with Crippen molar-refractivity contribution in [2.75, 3.05) is 30.5 Å². The molecule has 0 radical (unpaired) electrons. The maximum absolute atomic E-state index is 14.0. The Kier molecular flexibility index (Phi) is 8.84. The molecule has 0 N–H and O–H groups in total. The SMILES string of the molecule is O=C(c1cc(S(=O)(=O)N(Cc2ccccc2)c2ccccc2)ccc1Cl)N1CCN(S(=O)(=O)c2ccc(F)c(F)c2)CC1. The van der Waals surface area contributed by atoms with Crippen molar-refractivity contribution in [3.05, 3.63) is 125 Å². The van der Waals surface area contributed by atoms with Crippen molar-refractivity contribution in [2.24, 2.45) is 0 Å². The summed E-state index contributed by atoms with van der Waals surface area (Å²) in [5.74, 6) is -3.02. The Morgan fingerprint density at radius 2 is 1.35 bits per heavy atom. The number of rotatable bonds is 8. The topological polar surface area (TPSA) is 95.1 Å². The molecule has 13 heteroatoms. The predicted octanol–water partition coefficient (Wildman–Crippen LogP) is 5.16. The van der Waals surface area contributed by atoms with Gasteiger partial charge in [-0.3, -0.25) is 9.10 Å². The van der Waals surface area contributed by atoms with E-state index in [1.165, 1.54) is 27.4 Å². The molecule has 0 saturated carbocycles. The third-order valence-electron chi connectivity index (χ3n) is 7.02. The highest BCUT2D eigenvalue weighted by Gasteiger charge is 2.33. The minimum Gasteiger partial charge on any atom is -0.336 e. The molecule has 1 aliphatic heterocycles. The molecule has 1 heterocycles. The summed E-state index contributed by atoms with van der Waals surface area (Å²) in [6, 6.07) is 23.9. The summed E-state index contributed by atoms with van der Waals surface area (Å²) in [4.78, 5) is 14.3. The van der Waals surface area contributed by atoms with Crippen LogP contribution in [0.1, 0.15) is 15.9 Å². The van der Waals surface area contributed by atoms with Crippen LogP contribution < -0.4 is 4.31 Å². The van der Waals surface area contributed by atoms with Gasteiger partial charge in [0.05, 0.1) is 32.6 Å². The summed E-state index contributed by atoms with van der Waals surface area (Å²) in [5, 5.41) is 0.0371. The third kappa shape index (κ3) is 6.42. The van der Waals surface area contributed by atoms with Gasteiger partial charge in [0, 0.05) is 26.2 Å². The van der Waals surface area contributed by atoms with Crippen molar-refractivity contribution in [1.29, 1.82) is 0 Å². The molecule has 0 spiro atoms. The van der Waals surface area contributed by atoms with Gasteiger partial charge in [0.15, 0.2) is 11.6 Å². The van der Waals surface area contributed by atoms with E-state index in [2.05, 4.69) is 0 Å². The first kappa shape index (κ1) is 30.6. The molecule has 224 valence electrons. The molecule has 1 fully saturated rings. The second-order valence-corrected chi connectivity index (χ2v) is 14.0. The normalized spacial score (nSPS) is 14.4. The molecule has 0 aromatic heterocycles. The van der Waals surface area contributed by atoms with E-state index in [9.17, 15) is 30.4 Å². The molecule has 4 aromatic carbocycles. The predicted molar refractivity (Wildman–Crippen MR) is 159 cm³/mol. The smallest absolute Gasteiger partial charge is 0.264 e. The molecule has 5 rings (SSSR count). The van der Waals surface area contributed by atoms with Gasteiger partial charge in [0.2, 0.25) is 10.0 Å². The maximum atomic E-state index is 14.0. The van der Waals surface area contributed by atoms with Gasteiger partial charge in [-0.15, -0.1) is 0 Å². The summed E-state index contributed by atoms with van der Waals surface area (Å²) < 4.78 is 83.2. The average Bonchev–Trinajstić information content (AvgIpc) is 3.02. The summed E-state index contributed by atoms with van der Waals surface area (Å²) in [6.07, 6.45) is 0. The number of sulfonamides is 2. The van der Waals surface area contributed by atoms with Crippen LogP contribution in [0.25, 0.3) is 0 Å². The number of benzene rings is 4. The van der Waals surface area contributed by atoms with E-state index < -0.39 is 42.5 Å². The van der Waals surface area contributed by atoms with Gasteiger partial charge >= 0.3 is 0 Å². The molecule has 43 heavy (non-hydrogen) atoms. The molecule has 0 unspecified atom stereocenters. The highest BCUT2D eigenvalue weighted by atomic mass is 35.5. The van der Waals surface area contributed by atoms with Crippen LogP contribution >= 0.6 is 11.6 Å². The summed E-state index contributed by atoms with van der Waals surface area (Å²) in [6.45, 7) is -0.227. The first-order valence-corrected chi connectivity index (χ1v) is 16.4. The Morgan fingerprint density at radius 1 is 0.744 bits per heavy atom. The van der Waals surface area contributed by atoms with E-state index >= 15 is 0 Å². The molecule has 8 nitrogen and oxygen atoms in total. The van der Waals surface area contributed by atoms with Crippen LogP contribution in [0.15, 0.2) is 107 Å². The molecule has 0 atom stereocenters. The molecule has 1 aliphatic rings. The second kappa shape index (κ2) is 12.4. The summed E-state index contributed by atoms with van der Waals surface area (Å²) in [5.41, 5.74) is 1.15. The number of anilines is 1. The van der Waals surface area contributed by atoms with Crippen LogP contribution in [0.4, 0.5) is 14.5 Å². The highest BCUT2D eigenvalue weighted by Crippen LogP contribution is 2.29. The van der Waals surface area contributed by atoms with Crippen molar-refractivity contribution in [3.8, 4) is 0 Å². The van der Waals surface area contributed by atoms with Crippen LogP contribution in [0.5, 0.6) is 0 Å². The molecular formula is C30H26ClF2N3O5S2. The van der Waals surface area contributed by atoms with Crippen molar-refractivity contribution in [3.63, 3.8) is 0 Å². The Hall–Kier alpha value is -3.84. The van der Waals surface area contributed by atoms with Gasteiger partial charge in [-0.1, -0.05) is 60.1 Å². The van der Waals surface area contributed by atoms with Gasteiger partial charge in [0.25, 0.3) is 15.9 Å². The fourth-order valence-electron chi connectivity index (χ4n) is 4.70. The van der Waals surface area contributed by atoms with Crippen LogP contribution in [0.3, 0.4) is 0 Å². The Morgan fingerprint density at radius 3 is 1.98 bits per heavy atom. The van der Waals surface area contributed by atoms with Crippen LogP contribution in [0, 0.1) is 11.6 Å². The zero-order valence-electron chi connectivity index (χ0n) is 22.6. The monoisotopic (exact) mass is 645 g/mol. The lowest BCUT2D eigenvalue weighted by atomic mass is 10.2. The first-order valence-electron chi connectivity index (χ1n) is 13.1. The lowest BCUT2D eigenvalue weighted by Crippen LogP contribution is -2.50. The van der Waals surface area contributed by atoms with Crippen molar-refractivity contribution in [1.82, 2.24) is 9.21 Å². The number of halogens is 3. The largest absolute Gasteiger partial charge is 0.336 e. The van der Waals surface area contributed by atoms with Crippen LogP contribution in [0.2, 0.25) is 5.02 Å². The summed E-state index contributed by atoms with van der Waals surface area (Å²) >= 11 is 6.37. The zero-order chi connectivity index (χ0) is 30.8. The number of hydrogen-bond donors (Lipinski definition) is 0. The van der Waals surface area contributed by atoms with E-state index in [-0.39, 0.29) is 48.2 Å². The molecule has 0 bridgehead atoms. The van der Waals surface area contributed by atoms with Crippen LogP contribution in [-0.2, 0) is 26.6 Å². The first-order chi connectivity index (χ1) is 20.5. The lowest BCUT2D eigenvalue weighted by Gasteiger charge is -2.34. The Labute approximate surface area is 253 Å². The van der Waals surface area contributed by atoms with E-state index in [0.29, 0.717) is 11.8 Å². The lowest BCUT2D eigenvalue weighted by molar-refractivity contribution is 0.0698. The summed E-state index contributed by atoms with van der Waals surface area (Å²) in [7, 11) is -8.30. The molecular weight excluding hydrogens is 620 g/mol. The average molecular weight is 646 g/mol. The third-order valence-corrected chi connectivity index (χ3v) is 11.0. The van der Waals surface area contributed by atoms with Gasteiger partial charge in [-0.2, -0.15) is 4.31 Å². The Balaban J connectivity index is 1.38. The fraction of sp³-hybridized carbons (Fsp3) is 0.167. The number of carbonyl (C=O) groups excluding carboxylic acids is 1. The number of carbonyl (C=O) groups is 1. The van der Waals surface area contributed by atoms with Gasteiger partial charge in [0.1, 0.15) is 0 Å². The van der Waals surface area contributed by atoms with E-state index in [1.807, 2.05) is 30.3 Å². The van der Waals surface area contributed by atoms with Crippen molar-refractivity contribution >= 4 is 43.2 Å². The van der Waals surface area contributed by atoms with E-state index in [1.54, 1.807) is 30.3 Å². The molecule has 0 aliphatic carbocycles. The molecule has 1 saturated heterocycles. The molecule has 1 amide bonds. The van der Waals surface area contributed by atoms with E-state index in [4.69, 9.17) is 11.6 Å². The quantitative estimate of drug-likeness (QED) is 0.264. The maximum Gasteiger partial charge on any atom is 0.264 e. The van der Waals surface area contributed by atoms with E-state index in [0.717, 1.165) is 22.0 Å². The number of amides is 1. The number of piperazine rings is 1. The minimum absolute atomic E-state index is 0.0286. The standard InChI is InChI=1S/C30H26ClF2N3O5S2/c31-27-13-11-24(43(40,41)36(23-9-5-2-6-10-23)21-22-7-3-1-4-8-22)19-26(27)30(37)34-15-17-35(18-16-34)42(38,39)25-12-14-28(32)29(33)20-25/h1-14,19-20H,15-18,21H2. The van der Waals surface area contributed by atoms with Crippen LogP contribution in [-0.4, -0.2) is 58.1 Å². The number of para-hydroxylation sites is 1. The Bertz CT molecular complexity index is 1850. The minimum atomic E-state index is -4.16. The van der Waals surface area contributed by atoms with Crippen molar-refractivity contribution in [2.45, 2.75) is 16.3 Å². The number of hydrogen-bond acceptors (Lipinski definition) is 5. The van der Waals surface area contributed by atoms with Crippen molar-refractivity contribution < 1.29 is 30.4 Å². The fourth-order valence-corrected chi connectivity index (χ4v) is 7.82. The van der Waals surface area contributed by atoms with Gasteiger partial charge in [-0.05, 0) is 54.1 Å².